The van der Waals surface area contributed by atoms with Crippen LogP contribution in [0.25, 0.3) is 0 Å². The zero-order valence-corrected chi connectivity index (χ0v) is 57.8. The van der Waals surface area contributed by atoms with Crippen molar-refractivity contribution in [2.45, 2.75) is 216 Å². The highest BCUT2D eigenvalue weighted by atomic mass is 31.2. The molecular weight excluding hydrogens is 1190 g/mol. The van der Waals surface area contributed by atoms with Crippen LogP contribution in [-0.2, 0) is 100 Å². The number of esters is 6. The number of hydrogen-bond donors (Lipinski definition) is 0. The first-order valence-corrected chi connectivity index (χ1v) is 34.3. The van der Waals surface area contributed by atoms with Crippen LogP contribution in [0.3, 0.4) is 0 Å². The minimum atomic E-state index is -4.87. The maximum absolute atomic E-state index is 17.1. The molecule has 0 aliphatic rings. The molecule has 0 N–H and O–H groups in total. The van der Waals surface area contributed by atoms with E-state index in [0.29, 0.717) is 94.3 Å². The Bertz CT molecular complexity index is 2590. The third-order valence-electron chi connectivity index (χ3n) is 17.0. The molecule has 0 saturated carbocycles. The molecule has 0 bridgehead atoms. The molecule has 0 fully saturated rings. The summed E-state index contributed by atoms with van der Waals surface area (Å²) in [6, 6.07) is 0. The summed E-state index contributed by atoms with van der Waals surface area (Å²) in [6.07, 6.45) is 23.9. The van der Waals surface area contributed by atoms with Crippen LogP contribution in [0.5, 0.6) is 17.2 Å². The van der Waals surface area contributed by atoms with E-state index in [-0.39, 0.29) is 39.6 Å². The molecule has 506 valence electrons. The van der Waals surface area contributed by atoms with Gasteiger partial charge in [0.1, 0.15) is 17.2 Å². The Morgan fingerprint density at radius 3 is 0.554 bits per heavy atom. The molecule has 92 heavy (non-hydrogen) atoms. The van der Waals surface area contributed by atoms with E-state index in [9.17, 15) is 28.8 Å². The maximum Gasteiger partial charge on any atom is 0.647 e. The lowest BCUT2D eigenvalue weighted by molar-refractivity contribution is -0.138. The molecule has 3 rings (SSSR count). The summed E-state index contributed by atoms with van der Waals surface area (Å²) in [5.41, 5.74) is 14.2. The fraction of sp³-hybridized carbons (Fsp3) is 0.520. The average Bonchev–Trinajstić information content (AvgIpc) is 0.774. The fourth-order valence-corrected chi connectivity index (χ4v) is 13.4. The molecule has 16 nitrogen and oxygen atoms in total. The first kappa shape index (κ1) is 78.8. The number of unbranched alkanes of at least 4 members (excludes halogenated alkanes) is 12. The Labute approximate surface area is 549 Å². The predicted octanol–water partition coefficient (Wildman–Crippen LogP) is 16.8. The second kappa shape index (κ2) is 42.6. The molecule has 3 aromatic rings. The smallest absolute Gasteiger partial charge is 0.463 e. The Hall–Kier alpha value is -7.45. The van der Waals surface area contributed by atoms with Crippen LogP contribution < -0.4 is 13.6 Å². The Kier molecular flexibility index (Phi) is 36.5. The minimum Gasteiger partial charge on any atom is -0.463 e. The molecule has 0 saturated heterocycles. The highest BCUT2D eigenvalue weighted by molar-refractivity contribution is 7.49. The van der Waals surface area contributed by atoms with Crippen molar-refractivity contribution >= 4 is 43.6 Å². The summed E-state index contributed by atoms with van der Waals surface area (Å²) < 4.78 is 70.5. The number of hydrogen-bond acceptors (Lipinski definition) is 16. The summed E-state index contributed by atoms with van der Waals surface area (Å²) in [7, 11) is -4.87. The Balaban J connectivity index is 2.43. The highest BCUT2D eigenvalue weighted by Gasteiger charge is 2.39. The average molecular weight is 1290 g/mol. The van der Waals surface area contributed by atoms with Crippen LogP contribution in [-0.4, -0.2) is 75.5 Å². The molecule has 3 aromatic carbocycles. The molecule has 0 aliphatic heterocycles. The lowest BCUT2D eigenvalue weighted by Gasteiger charge is -2.29. The first-order chi connectivity index (χ1) is 44.0. The SMILES string of the molecule is C=CC(=O)OCCCCCc1c(C)c(CCCCCOC(=O)C=C)c(C)c(OP(=O)(Oc2c(C)c(CCCCCOC(=O)C=C)c(C)c(CCCCCOC(=O)C=C)c2C)Oc2c(C)c(CCCCCOC(=O)C=C)c(C)c(CCCCCOC(=O)C=C)c2C)c1C. The second-order valence-corrected chi connectivity index (χ2v) is 24.7. The van der Waals surface area contributed by atoms with Crippen molar-refractivity contribution in [1.82, 2.24) is 0 Å². The van der Waals surface area contributed by atoms with Gasteiger partial charge >= 0.3 is 43.6 Å². The number of rotatable bonds is 48. The van der Waals surface area contributed by atoms with Gasteiger partial charge in [0.2, 0.25) is 0 Å². The summed E-state index contributed by atoms with van der Waals surface area (Å²) >= 11 is 0. The van der Waals surface area contributed by atoms with Gasteiger partial charge in [-0.3, -0.25) is 0 Å². The quantitative estimate of drug-likeness (QED) is 0.0170. The van der Waals surface area contributed by atoms with E-state index in [4.69, 9.17) is 42.0 Å². The normalized spacial score (nSPS) is 11.0. The van der Waals surface area contributed by atoms with Crippen molar-refractivity contribution in [1.29, 1.82) is 0 Å². The number of phosphoric acid groups is 1. The lowest BCUT2D eigenvalue weighted by Crippen LogP contribution is -2.16. The van der Waals surface area contributed by atoms with Gasteiger partial charge in [0.25, 0.3) is 0 Å². The molecule has 0 unspecified atom stereocenters. The molecular formula is C75H105O16P. The topological polar surface area (TPSA) is 203 Å². The Morgan fingerprint density at radius 1 is 0.261 bits per heavy atom. The van der Waals surface area contributed by atoms with Crippen molar-refractivity contribution < 1.29 is 75.3 Å². The number of benzene rings is 3. The monoisotopic (exact) mass is 1290 g/mol. The minimum absolute atomic E-state index is 0.264. The van der Waals surface area contributed by atoms with Gasteiger partial charge in [0.05, 0.1) is 39.6 Å². The largest absolute Gasteiger partial charge is 0.647 e. The summed E-state index contributed by atoms with van der Waals surface area (Å²) in [6.45, 7) is 40.9. The Morgan fingerprint density at radius 2 is 0.413 bits per heavy atom. The predicted molar refractivity (Wildman–Crippen MR) is 364 cm³/mol. The van der Waals surface area contributed by atoms with E-state index in [1.807, 2.05) is 41.5 Å². The zero-order chi connectivity index (χ0) is 68.2. The van der Waals surface area contributed by atoms with Crippen molar-refractivity contribution in [2.24, 2.45) is 0 Å². The third kappa shape index (κ3) is 25.9. The fourth-order valence-electron chi connectivity index (χ4n) is 11.8. The maximum atomic E-state index is 17.1. The van der Waals surface area contributed by atoms with E-state index < -0.39 is 43.6 Å². The second-order valence-electron chi connectivity index (χ2n) is 23.3. The van der Waals surface area contributed by atoms with Crippen LogP contribution in [0, 0.1) is 62.3 Å². The third-order valence-corrected chi connectivity index (χ3v) is 18.2. The number of ether oxygens (including phenoxy) is 6. The van der Waals surface area contributed by atoms with Crippen LogP contribution >= 0.6 is 7.82 Å². The van der Waals surface area contributed by atoms with E-state index in [0.717, 1.165) is 197 Å². The van der Waals surface area contributed by atoms with Crippen molar-refractivity contribution in [3.05, 3.63) is 159 Å². The van der Waals surface area contributed by atoms with E-state index >= 15 is 4.57 Å². The van der Waals surface area contributed by atoms with Gasteiger partial charge in [-0.05, 0) is 300 Å². The number of phosphoric ester groups is 1. The van der Waals surface area contributed by atoms with Crippen LogP contribution in [0.1, 0.15) is 199 Å². The zero-order valence-electron chi connectivity index (χ0n) is 56.9. The van der Waals surface area contributed by atoms with Crippen LogP contribution in [0.4, 0.5) is 0 Å². The molecule has 17 heteroatoms. The van der Waals surface area contributed by atoms with Gasteiger partial charge in [-0.25, -0.2) is 28.8 Å². The first-order valence-electron chi connectivity index (χ1n) is 32.8. The van der Waals surface area contributed by atoms with Gasteiger partial charge in [-0.2, -0.15) is 4.57 Å². The molecule has 0 aliphatic carbocycles. The molecule has 0 amide bonds. The van der Waals surface area contributed by atoms with Crippen molar-refractivity contribution in [3.8, 4) is 17.2 Å². The molecule has 0 heterocycles. The van der Waals surface area contributed by atoms with E-state index in [2.05, 4.69) is 60.2 Å². The van der Waals surface area contributed by atoms with Gasteiger partial charge in [-0.15, -0.1) is 0 Å². The van der Waals surface area contributed by atoms with Crippen LogP contribution in [0.15, 0.2) is 75.9 Å². The van der Waals surface area contributed by atoms with Crippen LogP contribution in [0.2, 0.25) is 0 Å². The molecule has 0 radical (unpaired) electrons. The summed E-state index contributed by atoms with van der Waals surface area (Å²) in [4.78, 5) is 71.3. The molecule has 0 spiro atoms. The number of carbonyl (C=O) groups is 6. The summed E-state index contributed by atoms with van der Waals surface area (Å²) in [5.74, 6) is -1.65. The van der Waals surface area contributed by atoms with Crippen molar-refractivity contribution in [3.63, 3.8) is 0 Å². The van der Waals surface area contributed by atoms with Crippen molar-refractivity contribution in [2.75, 3.05) is 39.6 Å². The van der Waals surface area contributed by atoms with Gasteiger partial charge < -0.3 is 42.0 Å². The van der Waals surface area contributed by atoms with E-state index in [1.165, 1.54) is 0 Å². The van der Waals surface area contributed by atoms with Gasteiger partial charge in [-0.1, -0.05) is 39.5 Å². The molecule has 0 atom stereocenters. The summed E-state index contributed by atoms with van der Waals surface area (Å²) in [5, 5.41) is 0. The van der Waals surface area contributed by atoms with E-state index in [1.54, 1.807) is 0 Å². The standard InChI is InChI=1S/C75H105O16P/c1-16-67(76)83-46-34-22-28-40-61-52(7)62(41-29-23-35-47-84-68(77)17-2)56(11)73(55(61)10)89-92(82,90-74-57(12)63(42-30-24-36-48-85-69(78)18-3)53(8)64(58(74)13)43-31-25-37-49-86-70(79)19-4)91-75-59(14)65(44-32-26-38-50-87-71(80)20-5)54(9)66(60(75)15)45-33-27-39-51-88-72(81)21-6/h16-21H,1-6,22-51H2,7-15H3. The number of carbonyl (C=O) groups excluding carboxylic acids is 6. The van der Waals surface area contributed by atoms with Gasteiger partial charge in [0.15, 0.2) is 0 Å². The highest BCUT2D eigenvalue weighted by Crippen LogP contribution is 2.56. The van der Waals surface area contributed by atoms with Gasteiger partial charge in [0, 0.05) is 36.5 Å². The molecule has 0 aromatic heterocycles. The lowest BCUT2D eigenvalue weighted by atomic mass is 9.87.